The molecule has 0 aliphatic rings. The van der Waals surface area contributed by atoms with Crippen molar-refractivity contribution in [2.45, 2.75) is 13.0 Å². The minimum Gasteiger partial charge on any atom is -0.497 e. The van der Waals surface area contributed by atoms with Crippen LogP contribution in [0.15, 0.2) is 59.5 Å². The lowest BCUT2D eigenvalue weighted by Gasteiger charge is -2.02. The largest absolute Gasteiger partial charge is 0.497 e. The Bertz CT molecular complexity index is 1010. The Morgan fingerprint density at radius 3 is 3.04 bits per heavy atom. The van der Waals surface area contributed by atoms with Crippen molar-refractivity contribution in [2.24, 2.45) is 0 Å². The van der Waals surface area contributed by atoms with Gasteiger partial charge in [-0.2, -0.15) is 0 Å². The minimum absolute atomic E-state index is 0.143. The monoisotopic (exact) mass is 336 g/mol. The zero-order chi connectivity index (χ0) is 17.2. The number of nitrogens with zero attached hydrogens (tertiary/aromatic N) is 2. The second-order valence-corrected chi connectivity index (χ2v) is 5.66. The van der Waals surface area contributed by atoms with Gasteiger partial charge in [0.25, 0.3) is 0 Å². The number of hydrogen-bond donors (Lipinski definition) is 0. The minimum atomic E-state index is -0.324. The molecule has 0 N–H and O–H groups in total. The highest BCUT2D eigenvalue weighted by atomic mass is 16.5. The summed E-state index contributed by atoms with van der Waals surface area (Å²) in [6.45, 7) is 0.143. The molecule has 0 atom stereocenters. The quantitative estimate of drug-likeness (QED) is 0.523. The van der Waals surface area contributed by atoms with E-state index in [9.17, 15) is 4.79 Å². The van der Waals surface area contributed by atoms with Crippen LogP contribution in [0.25, 0.3) is 16.6 Å². The van der Waals surface area contributed by atoms with Crippen molar-refractivity contribution in [1.29, 1.82) is 0 Å². The number of ether oxygens (including phenoxy) is 2. The second-order valence-electron chi connectivity index (χ2n) is 5.66. The first-order valence-corrected chi connectivity index (χ1v) is 7.85. The van der Waals surface area contributed by atoms with Gasteiger partial charge >= 0.3 is 5.97 Å². The van der Waals surface area contributed by atoms with Crippen molar-refractivity contribution >= 4 is 22.6 Å². The van der Waals surface area contributed by atoms with Crippen molar-refractivity contribution in [1.82, 2.24) is 9.38 Å². The van der Waals surface area contributed by atoms with E-state index in [1.807, 2.05) is 47.1 Å². The highest BCUT2D eigenvalue weighted by Gasteiger charge is 2.13. The highest BCUT2D eigenvalue weighted by Crippen LogP contribution is 2.26. The van der Waals surface area contributed by atoms with Gasteiger partial charge in [-0.25, -0.2) is 4.98 Å². The molecule has 0 bridgehead atoms. The van der Waals surface area contributed by atoms with Crippen molar-refractivity contribution < 1.29 is 18.7 Å². The van der Waals surface area contributed by atoms with Crippen LogP contribution in [-0.4, -0.2) is 22.5 Å². The van der Waals surface area contributed by atoms with Gasteiger partial charge in [0.05, 0.1) is 25.5 Å². The lowest BCUT2D eigenvalue weighted by atomic mass is 10.1. The Balaban J connectivity index is 1.43. The highest BCUT2D eigenvalue weighted by molar-refractivity contribution is 5.86. The summed E-state index contributed by atoms with van der Waals surface area (Å²) in [4.78, 5) is 16.5. The Hall–Kier alpha value is -3.28. The number of rotatable bonds is 5. The first kappa shape index (κ1) is 15.3. The van der Waals surface area contributed by atoms with Crippen LogP contribution in [0, 0.1) is 0 Å². The van der Waals surface area contributed by atoms with E-state index in [0.717, 1.165) is 16.6 Å². The number of aromatic nitrogens is 2. The predicted molar refractivity (Wildman–Crippen MR) is 91.5 cm³/mol. The Morgan fingerprint density at radius 1 is 1.28 bits per heavy atom. The standard InChI is InChI=1S/C19H16N2O4/c1-23-15-5-6-16-13(11-24-17(16)9-15)8-19(22)25-12-14-10-21-7-3-2-4-18(21)20-14/h2-7,9-11H,8,12H2,1H3. The molecule has 6 nitrogen and oxygen atoms in total. The lowest BCUT2D eigenvalue weighted by molar-refractivity contribution is -0.144. The number of imidazole rings is 1. The fourth-order valence-electron chi connectivity index (χ4n) is 2.75. The van der Waals surface area contributed by atoms with Gasteiger partial charge < -0.3 is 18.3 Å². The normalized spacial score (nSPS) is 11.1. The molecule has 4 rings (SSSR count). The average molecular weight is 336 g/mol. The van der Waals surface area contributed by atoms with Gasteiger partial charge in [-0.05, 0) is 24.3 Å². The van der Waals surface area contributed by atoms with Crippen molar-refractivity contribution in [2.75, 3.05) is 7.11 Å². The number of methoxy groups -OCH3 is 1. The van der Waals surface area contributed by atoms with Crippen LogP contribution < -0.4 is 4.74 Å². The first-order chi connectivity index (χ1) is 12.2. The smallest absolute Gasteiger partial charge is 0.310 e. The summed E-state index contributed by atoms with van der Waals surface area (Å²) >= 11 is 0. The number of pyridine rings is 1. The third-order valence-corrected chi connectivity index (χ3v) is 3.99. The van der Waals surface area contributed by atoms with Crippen LogP contribution in [0.3, 0.4) is 0 Å². The number of furan rings is 1. The maximum atomic E-state index is 12.1. The fraction of sp³-hybridized carbons (Fsp3) is 0.158. The van der Waals surface area contributed by atoms with E-state index in [-0.39, 0.29) is 19.0 Å². The molecular weight excluding hydrogens is 320 g/mol. The van der Waals surface area contributed by atoms with E-state index in [2.05, 4.69) is 4.98 Å². The number of benzene rings is 1. The number of hydrogen-bond acceptors (Lipinski definition) is 5. The third kappa shape index (κ3) is 3.06. The topological polar surface area (TPSA) is 66.0 Å². The Kier molecular flexibility index (Phi) is 3.85. The molecule has 126 valence electrons. The maximum Gasteiger partial charge on any atom is 0.310 e. The van der Waals surface area contributed by atoms with Crippen LogP contribution in [0.1, 0.15) is 11.3 Å². The average Bonchev–Trinajstić information content (AvgIpc) is 3.23. The summed E-state index contributed by atoms with van der Waals surface area (Å²) in [6, 6.07) is 11.2. The lowest BCUT2D eigenvalue weighted by Crippen LogP contribution is -2.07. The van der Waals surface area contributed by atoms with Crippen LogP contribution in [0.2, 0.25) is 0 Å². The summed E-state index contributed by atoms with van der Waals surface area (Å²) in [7, 11) is 1.60. The van der Waals surface area contributed by atoms with E-state index < -0.39 is 0 Å². The SMILES string of the molecule is COc1ccc2c(CC(=O)OCc3cn4ccccc4n3)coc2c1. The molecule has 0 radical (unpaired) electrons. The second kappa shape index (κ2) is 6.32. The number of fused-ring (bicyclic) bond motifs is 2. The molecule has 0 saturated heterocycles. The number of esters is 1. The zero-order valence-electron chi connectivity index (χ0n) is 13.6. The third-order valence-electron chi connectivity index (χ3n) is 3.99. The van der Waals surface area contributed by atoms with Crippen LogP contribution in [-0.2, 0) is 22.6 Å². The molecule has 6 heteroatoms. The molecule has 0 spiro atoms. The molecule has 3 aromatic heterocycles. The van der Waals surface area contributed by atoms with Crippen LogP contribution in [0.4, 0.5) is 0 Å². The van der Waals surface area contributed by atoms with Gasteiger partial charge in [0.15, 0.2) is 0 Å². The van der Waals surface area contributed by atoms with Crippen molar-refractivity contribution in [3.05, 3.63) is 66.3 Å². The molecule has 0 aliphatic heterocycles. The molecule has 0 saturated carbocycles. The summed E-state index contributed by atoms with van der Waals surface area (Å²) in [5.74, 6) is 0.387. The molecule has 0 aliphatic carbocycles. The number of carbonyl (C=O) groups excluding carboxylic acids is 1. The van der Waals surface area contributed by atoms with Gasteiger partial charge in [0.1, 0.15) is 23.6 Å². The Labute approximate surface area is 143 Å². The summed E-state index contributed by atoms with van der Waals surface area (Å²) < 4.78 is 17.9. The van der Waals surface area contributed by atoms with E-state index in [0.29, 0.717) is 17.0 Å². The molecule has 3 heterocycles. The summed E-state index contributed by atoms with van der Waals surface area (Å²) in [6.07, 6.45) is 5.48. The van der Waals surface area contributed by atoms with Crippen molar-refractivity contribution in [3.63, 3.8) is 0 Å². The zero-order valence-corrected chi connectivity index (χ0v) is 13.6. The summed E-state index contributed by atoms with van der Waals surface area (Å²) in [5, 5.41) is 0.880. The predicted octanol–water partition coefficient (Wildman–Crippen LogP) is 3.38. The first-order valence-electron chi connectivity index (χ1n) is 7.85. The van der Waals surface area contributed by atoms with Gasteiger partial charge in [-0.1, -0.05) is 6.07 Å². The Morgan fingerprint density at radius 2 is 2.20 bits per heavy atom. The van der Waals surface area contributed by atoms with Crippen molar-refractivity contribution in [3.8, 4) is 5.75 Å². The van der Waals surface area contributed by atoms with Crippen LogP contribution in [0.5, 0.6) is 5.75 Å². The van der Waals surface area contributed by atoms with E-state index >= 15 is 0 Å². The summed E-state index contributed by atoms with van der Waals surface area (Å²) in [5.41, 5.74) is 3.00. The molecule has 0 fully saturated rings. The number of carbonyl (C=O) groups is 1. The van der Waals surface area contributed by atoms with Gasteiger partial charge in [-0.15, -0.1) is 0 Å². The molecule has 1 aromatic carbocycles. The van der Waals surface area contributed by atoms with E-state index in [4.69, 9.17) is 13.9 Å². The molecule has 4 aromatic rings. The molecular formula is C19H16N2O4. The molecule has 25 heavy (non-hydrogen) atoms. The van der Waals surface area contributed by atoms with E-state index in [1.54, 1.807) is 19.4 Å². The maximum absolute atomic E-state index is 12.1. The van der Waals surface area contributed by atoms with E-state index in [1.165, 1.54) is 0 Å². The van der Waals surface area contributed by atoms with Gasteiger partial charge in [0, 0.05) is 29.4 Å². The van der Waals surface area contributed by atoms with Crippen LogP contribution >= 0.6 is 0 Å². The van der Waals surface area contributed by atoms with Gasteiger partial charge in [-0.3, -0.25) is 4.79 Å². The molecule has 0 amide bonds. The fourth-order valence-corrected chi connectivity index (χ4v) is 2.75. The van der Waals surface area contributed by atoms with Gasteiger partial charge in [0.2, 0.25) is 0 Å². The molecule has 0 unspecified atom stereocenters.